The van der Waals surface area contributed by atoms with Gasteiger partial charge in [-0.15, -0.1) is 0 Å². The zero-order valence-electron chi connectivity index (χ0n) is 10.6. The summed E-state index contributed by atoms with van der Waals surface area (Å²) < 4.78 is 0. The molecule has 0 aromatic heterocycles. The third-order valence-electron chi connectivity index (χ3n) is 4.46. The zero-order chi connectivity index (χ0) is 11.9. The molecule has 0 spiro atoms. The van der Waals surface area contributed by atoms with E-state index in [4.69, 9.17) is 0 Å². The van der Waals surface area contributed by atoms with Crippen molar-refractivity contribution in [1.82, 2.24) is 0 Å². The maximum Gasteiger partial charge on any atom is 0.140 e. The van der Waals surface area contributed by atoms with Gasteiger partial charge in [0, 0.05) is 17.8 Å². The molecule has 86 valence electrons. The van der Waals surface area contributed by atoms with Gasteiger partial charge in [0.2, 0.25) is 0 Å². The predicted octanol–water partition coefficient (Wildman–Crippen LogP) is 3.78. The van der Waals surface area contributed by atoms with Crippen molar-refractivity contribution in [3.8, 4) is 0 Å². The van der Waals surface area contributed by atoms with Crippen molar-refractivity contribution in [1.29, 1.82) is 0 Å². The Morgan fingerprint density at radius 3 is 2.50 bits per heavy atom. The normalized spacial score (nSPS) is 29.0. The molecule has 1 heteroatoms. The van der Waals surface area contributed by atoms with E-state index in [1.54, 1.807) is 0 Å². The summed E-state index contributed by atoms with van der Waals surface area (Å²) in [6.07, 6.45) is 1.68. The second kappa shape index (κ2) is 3.73. The van der Waals surface area contributed by atoms with Crippen LogP contribution >= 0.6 is 0 Å². The number of carbonyl (C=O) groups is 1. The van der Waals surface area contributed by atoms with Gasteiger partial charge in [-0.05, 0) is 37.0 Å². The molecule has 1 saturated carbocycles. The van der Waals surface area contributed by atoms with Gasteiger partial charge in [-0.1, -0.05) is 32.0 Å². The topological polar surface area (TPSA) is 17.1 Å². The first-order chi connectivity index (χ1) is 7.49. The van der Waals surface area contributed by atoms with Crippen LogP contribution in [0.1, 0.15) is 49.3 Å². The number of benzene rings is 1. The highest BCUT2D eigenvalue weighted by molar-refractivity contribution is 5.93. The molecule has 1 aromatic carbocycles. The first-order valence-electron chi connectivity index (χ1n) is 6.09. The van der Waals surface area contributed by atoms with E-state index in [0.717, 1.165) is 12.8 Å². The molecular weight excluding hydrogens is 196 g/mol. The molecule has 2 rings (SSSR count). The summed E-state index contributed by atoms with van der Waals surface area (Å²) in [4.78, 5) is 11.7. The van der Waals surface area contributed by atoms with Gasteiger partial charge >= 0.3 is 0 Å². The lowest BCUT2D eigenvalue weighted by Gasteiger charge is -2.45. The smallest absolute Gasteiger partial charge is 0.140 e. The van der Waals surface area contributed by atoms with Gasteiger partial charge in [-0.25, -0.2) is 0 Å². The van der Waals surface area contributed by atoms with E-state index in [2.05, 4.69) is 45.9 Å². The molecule has 16 heavy (non-hydrogen) atoms. The average Bonchev–Trinajstić information content (AvgIpc) is 2.28. The standard InChI is InChI=1S/C15H20O/c1-5-15(4)13(9-14(15)16)12-7-6-10(2)11(3)8-12/h6-8,13H,5,9H2,1-4H3. The molecule has 1 aliphatic carbocycles. The number of aryl methyl sites for hydroxylation is 2. The van der Waals surface area contributed by atoms with Crippen LogP contribution in [0.3, 0.4) is 0 Å². The van der Waals surface area contributed by atoms with Crippen molar-refractivity contribution in [2.45, 2.75) is 46.5 Å². The largest absolute Gasteiger partial charge is 0.299 e. The Morgan fingerprint density at radius 1 is 1.31 bits per heavy atom. The Kier molecular flexibility index (Phi) is 2.65. The first kappa shape index (κ1) is 11.4. The van der Waals surface area contributed by atoms with Crippen LogP contribution in [0, 0.1) is 19.3 Å². The molecule has 1 fully saturated rings. The van der Waals surface area contributed by atoms with Crippen LogP contribution in [0.5, 0.6) is 0 Å². The van der Waals surface area contributed by atoms with Crippen molar-refractivity contribution in [2.75, 3.05) is 0 Å². The van der Waals surface area contributed by atoms with Crippen LogP contribution in [0.2, 0.25) is 0 Å². The van der Waals surface area contributed by atoms with E-state index in [1.807, 2.05) is 0 Å². The van der Waals surface area contributed by atoms with Gasteiger partial charge in [0.15, 0.2) is 0 Å². The van der Waals surface area contributed by atoms with E-state index in [-0.39, 0.29) is 5.41 Å². The zero-order valence-corrected chi connectivity index (χ0v) is 10.6. The molecule has 0 amide bonds. The minimum Gasteiger partial charge on any atom is -0.299 e. The quantitative estimate of drug-likeness (QED) is 0.735. The monoisotopic (exact) mass is 216 g/mol. The molecular formula is C15H20O. The fourth-order valence-corrected chi connectivity index (χ4v) is 2.62. The van der Waals surface area contributed by atoms with Gasteiger partial charge in [-0.3, -0.25) is 4.79 Å². The van der Waals surface area contributed by atoms with E-state index >= 15 is 0 Å². The van der Waals surface area contributed by atoms with Crippen molar-refractivity contribution >= 4 is 5.78 Å². The fraction of sp³-hybridized carbons (Fsp3) is 0.533. The number of hydrogen-bond acceptors (Lipinski definition) is 1. The summed E-state index contributed by atoms with van der Waals surface area (Å²) in [5.74, 6) is 0.863. The second-order valence-corrected chi connectivity index (χ2v) is 5.29. The highest BCUT2D eigenvalue weighted by atomic mass is 16.1. The van der Waals surface area contributed by atoms with Crippen LogP contribution in [0.15, 0.2) is 18.2 Å². The molecule has 0 saturated heterocycles. The SMILES string of the molecule is CCC1(C)C(=O)CC1c1ccc(C)c(C)c1. The summed E-state index contributed by atoms with van der Waals surface area (Å²) in [6, 6.07) is 6.61. The Morgan fingerprint density at radius 2 is 2.00 bits per heavy atom. The van der Waals surface area contributed by atoms with Gasteiger partial charge in [0.05, 0.1) is 0 Å². The number of ketones is 1. The van der Waals surface area contributed by atoms with E-state index in [0.29, 0.717) is 11.7 Å². The molecule has 2 unspecified atom stereocenters. The van der Waals surface area contributed by atoms with Gasteiger partial charge in [0.25, 0.3) is 0 Å². The van der Waals surface area contributed by atoms with Crippen LogP contribution in [0.25, 0.3) is 0 Å². The molecule has 1 aromatic rings. The summed E-state index contributed by atoms with van der Waals surface area (Å²) in [5.41, 5.74) is 3.89. The average molecular weight is 216 g/mol. The molecule has 0 bridgehead atoms. The van der Waals surface area contributed by atoms with Crippen LogP contribution in [0.4, 0.5) is 0 Å². The maximum atomic E-state index is 11.7. The lowest BCUT2D eigenvalue weighted by atomic mass is 9.56. The summed E-state index contributed by atoms with van der Waals surface area (Å²) in [5, 5.41) is 0. The summed E-state index contributed by atoms with van der Waals surface area (Å²) in [7, 11) is 0. The Balaban J connectivity index is 2.33. The van der Waals surface area contributed by atoms with Gasteiger partial charge in [0.1, 0.15) is 5.78 Å². The highest BCUT2D eigenvalue weighted by Gasteiger charge is 2.49. The summed E-state index contributed by atoms with van der Waals surface area (Å²) >= 11 is 0. The molecule has 0 heterocycles. The number of carbonyl (C=O) groups excluding carboxylic acids is 1. The second-order valence-electron chi connectivity index (χ2n) is 5.29. The minimum absolute atomic E-state index is 0.109. The van der Waals surface area contributed by atoms with Crippen molar-refractivity contribution in [3.05, 3.63) is 34.9 Å². The number of Topliss-reactive ketones (excluding diaryl/α,β-unsaturated/α-hetero) is 1. The summed E-state index contributed by atoms with van der Waals surface area (Å²) in [6.45, 7) is 8.50. The molecule has 2 atom stereocenters. The first-order valence-corrected chi connectivity index (χ1v) is 6.09. The maximum absolute atomic E-state index is 11.7. The lowest BCUT2D eigenvalue weighted by Crippen LogP contribution is -2.45. The van der Waals surface area contributed by atoms with Crippen molar-refractivity contribution in [2.24, 2.45) is 5.41 Å². The van der Waals surface area contributed by atoms with Crippen molar-refractivity contribution < 1.29 is 4.79 Å². The Bertz CT molecular complexity index is 433. The van der Waals surface area contributed by atoms with Gasteiger partial charge in [-0.2, -0.15) is 0 Å². The van der Waals surface area contributed by atoms with Crippen LogP contribution < -0.4 is 0 Å². The highest BCUT2D eigenvalue weighted by Crippen LogP contribution is 2.51. The van der Waals surface area contributed by atoms with Crippen LogP contribution in [-0.2, 0) is 4.79 Å². The Hall–Kier alpha value is -1.11. The third kappa shape index (κ3) is 1.50. The molecule has 0 N–H and O–H groups in total. The number of rotatable bonds is 2. The van der Waals surface area contributed by atoms with Crippen LogP contribution in [-0.4, -0.2) is 5.78 Å². The third-order valence-corrected chi connectivity index (χ3v) is 4.46. The molecule has 0 aliphatic heterocycles. The number of hydrogen-bond donors (Lipinski definition) is 0. The van der Waals surface area contributed by atoms with Gasteiger partial charge < -0.3 is 0 Å². The molecule has 1 aliphatic rings. The van der Waals surface area contributed by atoms with Crippen molar-refractivity contribution in [3.63, 3.8) is 0 Å². The van der Waals surface area contributed by atoms with E-state index < -0.39 is 0 Å². The Labute approximate surface area is 97.9 Å². The molecule has 1 nitrogen and oxygen atoms in total. The van der Waals surface area contributed by atoms with E-state index in [1.165, 1.54) is 16.7 Å². The molecule has 0 radical (unpaired) electrons. The fourth-order valence-electron chi connectivity index (χ4n) is 2.62. The van der Waals surface area contributed by atoms with E-state index in [9.17, 15) is 4.79 Å². The minimum atomic E-state index is -0.109. The lowest BCUT2D eigenvalue weighted by molar-refractivity contribution is -0.139. The predicted molar refractivity (Wildman–Crippen MR) is 66.7 cm³/mol.